The minimum absolute atomic E-state index is 0. The van der Waals surface area contributed by atoms with Crippen LogP contribution in [0.25, 0.3) is 43.9 Å². The van der Waals surface area contributed by atoms with Crippen molar-refractivity contribution in [2.45, 2.75) is 26.2 Å². The maximum Gasteiger partial charge on any atom is 0.110 e. The Morgan fingerprint density at radius 2 is 1.19 bits per heavy atom. The van der Waals surface area contributed by atoms with Crippen molar-refractivity contribution in [2.24, 2.45) is 0 Å². The second-order valence-electron chi connectivity index (χ2n) is 14.3. The van der Waals surface area contributed by atoms with E-state index in [2.05, 4.69) is 189 Å². The van der Waals surface area contributed by atoms with E-state index in [4.69, 9.17) is 0 Å². The average molecular weight is 986 g/mol. The van der Waals surface area contributed by atoms with Crippen LogP contribution in [-0.2, 0) is 20.1 Å². The first-order valence-corrected chi connectivity index (χ1v) is 22.2. The Hall–Kier alpha value is -5.20. The number of aromatic nitrogens is 1. The van der Waals surface area contributed by atoms with Crippen LogP contribution in [0.3, 0.4) is 0 Å². The molecular formula is C53H43F2IrNP2. The van der Waals surface area contributed by atoms with Crippen LogP contribution in [0, 0.1) is 17.7 Å². The van der Waals surface area contributed by atoms with E-state index < -0.39 is 19.6 Å². The molecule has 293 valence electrons. The summed E-state index contributed by atoms with van der Waals surface area (Å²) in [5.74, 6) is -0.881. The van der Waals surface area contributed by atoms with E-state index in [0.717, 1.165) is 24.1 Å². The monoisotopic (exact) mass is 986 g/mol. The molecule has 0 aliphatic rings. The van der Waals surface area contributed by atoms with Gasteiger partial charge < -0.3 is 4.98 Å². The molecule has 0 aliphatic carbocycles. The van der Waals surface area contributed by atoms with Gasteiger partial charge >= 0.3 is 0 Å². The SMILES string of the molecule is CCC(C)c1ccnc(-c2[c-]cc(F)cc2F)c1.[Ir].c1ccc(Pc2ccc3ccccc3c2-c2c([PH+](c3ccccc3)c3ccccc3)ccc3ccccc23)cc1. The third-order valence-electron chi connectivity index (χ3n) is 10.6. The van der Waals surface area contributed by atoms with Crippen LogP contribution in [0.15, 0.2) is 194 Å². The predicted octanol–water partition coefficient (Wildman–Crippen LogP) is 12.1. The summed E-state index contributed by atoms with van der Waals surface area (Å²) in [6.45, 7) is 4.19. The third-order valence-corrected chi connectivity index (χ3v) is 14.7. The van der Waals surface area contributed by atoms with Crippen LogP contribution in [0.1, 0.15) is 31.7 Å². The Balaban J connectivity index is 0.000000234. The maximum atomic E-state index is 13.6. The van der Waals surface area contributed by atoms with Crippen LogP contribution in [0.5, 0.6) is 0 Å². The molecule has 1 heterocycles. The molecule has 2 unspecified atom stereocenters. The number of rotatable bonds is 9. The molecule has 0 fully saturated rings. The molecule has 0 amide bonds. The van der Waals surface area contributed by atoms with Crippen LogP contribution < -0.4 is 26.5 Å². The summed E-state index contributed by atoms with van der Waals surface area (Å²) in [5, 5.41) is 12.2. The van der Waals surface area contributed by atoms with Crippen molar-refractivity contribution in [1.82, 2.24) is 4.98 Å². The first-order chi connectivity index (χ1) is 28.5. The normalized spacial score (nSPS) is 11.7. The smallest absolute Gasteiger partial charge is 0.110 e. The second-order valence-corrected chi connectivity index (χ2v) is 18.2. The van der Waals surface area contributed by atoms with Gasteiger partial charge in [0.2, 0.25) is 0 Å². The van der Waals surface area contributed by atoms with Gasteiger partial charge in [0.15, 0.2) is 0 Å². The minimum atomic E-state index is -1.30. The average Bonchev–Trinajstić information content (AvgIpc) is 3.27. The van der Waals surface area contributed by atoms with Crippen molar-refractivity contribution < 1.29 is 28.9 Å². The molecule has 0 spiro atoms. The fraction of sp³-hybridized carbons (Fsp3) is 0.0755. The predicted molar refractivity (Wildman–Crippen MR) is 248 cm³/mol. The summed E-state index contributed by atoms with van der Waals surface area (Å²) >= 11 is 0. The fourth-order valence-electron chi connectivity index (χ4n) is 7.53. The van der Waals surface area contributed by atoms with Gasteiger partial charge in [-0.1, -0.05) is 179 Å². The van der Waals surface area contributed by atoms with E-state index >= 15 is 0 Å². The summed E-state index contributed by atoms with van der Waals surface area (Å²) in [6, 6.07) is 68.7. The number of nitrogens with zero attached hydrogens (tertiary/aromatic N) is 1. The molecule has 1 radical (unpaired) electrons. The van der Waals surface area contributed by atoms with Gasteiger partial charge in [-0.25, -0.2) is 0 Å². The quantitative estimate of drug-likeness (QED) is 0.104. The Labute approximate surface area is 362 Å². The third kappa shape index (κ3) is 9.49. The van der Waals surface area contributed by atoms with Gasteiger partial charge in [0, 0.05) is 49.1 Å². The van der Waals surface area contributed by atoms with Crippen molar-refractivity contribution >= 4 is 64.6 Å². The van der Waals surface area contributed by atoms with E-state index in [-0.39, 0.29) is 25.7 Å². The topological polar surface area (TPSA) is 12.9 Å². The zero-order valence-corrected chi connectivity index (χ0v) is 37.2. The number of pyridine rings is 1. The van der Waals surface area contributed by atoms with Gasteiger partial charge in [-0.05, 0) is 86.6 Å². The molecule has 2 atom stereocenters. The van der Waals surface area contributed by atoms with E-state index in [1.807, 2.05) is 12.1 Å². The molecule has 9 aromatic rings. The number of halogens is 2. The molecule has 0 N–H and O–H groups in total. The van der Waals surface area contributed by atoms with Crippen molar-refractivity contribution in [1.29, 1.82) is 0 Å². The van der Waals surface area contributed by atoms with Crippen molar-refractivity contribution in [3.05, 3.63) is 218 Å². The summed E-state index contributed by atoms with van der Waals surface area (Å²) in [4.78, 5) is 4.12. The maximum absolute atomic E-state index is 13.6. The molecule has 59 heavy (non-hydrogen) atoms. The number of hydrogen-bond acceptors (Lipinski definition) is 1. The molecular weight excluding hydrogens is 943 g/mol. The number of hydrogen-bond donors (Lipinski definition) is 0. The fourth-order valence-corrected chi connectivity index (χ4v) is 11.5. The van der Waals surface area contributed by atoms with E-state index in [1.54, 1.807) is 6.20 Å². The zero-order chi connectivity index (χ0) is 39.8. The van der Waals surface area contributed by atoms with Gasteiger partial charge in [0.1, 0.15) is 15.9 Å². The summed E-state index contributed by atoms with van der Waals surface area (Å²) < 4.78 is 26.5. The van der Waals surface area contributed by atoms with Crippen molar-refractivity contribution in [3.8, 4) is 22.4 Å². The Bertz CT molecular complexity index is 2760. The van der Waals surface area contributed by atoms with Crippen LogP contribution in [0.4, 0.5) is 8.78 Å². The van der Waals surface area contributed by atoms with E-state index in [9.17, 15) is 8.78 Å². The van der Waals surface area contributed by atoms with Crippen molar-refractivity contribution in [2.75, 3.05) is 0 Å². The van der Waals surface area contributed by atoms with Gasteiger partial charge in [-0.15, -0.1) is 12.1 Å². The number of fused-ring (bicyclic) bond motifs is 2. The molecule has 1 aromatic heterocycles. The van der Waals surface area contributed by atoms with Gasteiger partial charge in [-0.2, -0.15) is 0 Å². The summed E-state index contributed by atoms with van der Waals surface area (Å²) in [5.41, 5.74) is 4.56. The number of benzene rings is 8. The Kier molecular flexibility index (Phi) is 14.0. The zero-order valence-electron chi connectivity index (χ0n) is 32.8. The molecule has 0 bridgehead atoms. The van der Waals surface area contributed by atoms with Gasteiger partial charge in [0.25, 0.3) is 0 Å². The van der Waals surface area contributed by atoms with Gasteiger partial charge in [-0.3, -0.25) is 8.78 Å². The molecule has 1 nitrogen and oxygen atoms in total. The largest absolute Gasteiger partial charge is 0.305 e. The van der Waals surface area contributed by atoms with Crippen LogP contribution in [0.2, 0.25) is 0 Å². The van der Waals surface area contributed by atoms with E-state index in [1.165, 1.54) is 59.2 Å². The standard InChI is InChI=1S/C38H28P2.C15H14F2N.Ir/c1-4-16-30(17-5-1)39-35-26-24-28-14-10-12-22-33(28)37(35)38-34-23-13-11-15-29(34)25-27-36(38)40(31-18-6-2-7-19-31)32-20-8-3-9-21-32;1-3-10(2)11-6-7-18-15(8-11)13-5-4-12(16)9-14(13)17;/h1-27,39H;4,6-10H,3H2,1-2H3;/q;-1;/p+1. The molecule has 0 saturated carbocycles. The Morgan fingerprint density at radius 3 is 1.80 bits per heavy atom. The van der Waals surface area contributed by atoms with Crippen LogP contribution >= 0.6 is 16.5 Å². The molecule has 6 heteroatoms. The van der Waals surface area contributed by atoms with Crippen molar-refractivity contribution in [3.63, 3.8) is 0 Å². The molecule has 0 saturated heterocycles. The summed E-state index contributed by atoms with van der Waals surface area (Å²) in [6.07, 6.45) is 2.65. The first-order valence-electron chi connectivity index (χ1n) is 19.7. The first kappa shape index (κ1) is 41.9. The van der Waals surface area contributed by atoms with E-state index in [0.29, 0.717) is 20.2 Å². The molecule has 9 rings (SSSR count). The second kappa shape index (κ2) is 19.7. The molecule has 8 aromatic carbocycles. The Morgan fingerprint density at radius 1 is 0.627 bits per heavy atom. The van der Waals surface area contributed by atoms with Gasteiger partial charge in [0.05, 0.1) is 7.92 Å². The van der Waals surface area contributed by atoms with Crippen LogP contribution in [-0.4, -0.2) is 4.98 Å². The molecule has 0 aliphatic heterocycles. The summed E-state index contributed by atoms with van der Waals surface area (Å²) in [7, 11) is -0.728. The minimum Gasteiger partial charge on any atom is -0.305 e.